The highest BCUT2D eigenvalue weighted by atomic mass is 35.5. The van der Waals surface area contributed by atoms with Gasteiger partial charge in [0.15, 0.2) is 0 Å². The zero-order chi connectivity index (χ0) is 11.4. The zero-order valence-corrected chi connectivity index (χ0v) is 10.2. The third-order valence-corrected chi connectivity index (χ3v) is 2.74. The summed E-state index contributed by atoms with van der Waals surface area (Å²) in [7, 11) is 0. The van der Waals surface area contributed by atoms with E-state index in [0.29, 0.717) is 5.69 Å². The van der Waals surface area contributed by atoms with Gasteiger partial charge in [0.2, 0.25) is 5.91 Å². The van der Waals surface area contributed by atoms with Gasteiger partial charge in [0, 0.05) is 5.69 Å². The number of benzene rings is 1. The molecule has 1 aliphatic rings. The van der Waals surface area contributed by atoms with E-state index < -0.39 is 0 Å². The van der Waals surface area contributed by atoms with Gasteiger partial charge in [-0.05, 0) is 43.7 Å². The van der Waals surface area contributed by atoms with Crippen LogP contribution in [0.2, 0.25) is 0 Å². The van der Waals surface area contributed by atoms with Gasteiger partial charge in [-0.1, -0.05) is 6.42 Å². The van der Waals surface area contributed by atoms with Crippen molar-refractivity contribution in [2.75, 3.05) is 11.9 Å². The molecule has 1 amide bonds. The van der Waals surface area contributed by atoms with Gasteiger partial charge in [-0.25, -0.2) is 4.39 Å². The van der Waals surface area contributed by atoms with E-state index in [1.807, 2.05) is 0 Å². The number of rotatable bonds is 2. The number of hydrogen-bond acceptors (Lipinski definition) is 2. The van der Waals surface area contributed by atoms with E-state index in [1.165, 1.54) is 12.1 Å². The number of carbonyl (C=O) groups is 1. The van der Waals surface area contributed by atoms with Gasteiger partial charge < -0.3 is 10.6 Å². The third kappa shape index (κ3) is 3.98. The smallest absolute Gasteiger partial charge is 0.241 e. The molecule has 3 nitrogen and oxygen atoms in total. The Morgan fingerprint density at radius 2 is 2.00 bits per heavy atom. The first-order chi connectivity index (χ1) is 7.75. The second kappa shape index (κ2) is 6.57. The highest BCUT2D eigenvalue weighted by Crippen LogP contribution is 2.12. The van der Waals surface area contributed by atoms with E-state index in [9.17, 15) is 9.18 Å². The Morgan fingerprint density at radius 1 is 1.29 bits per heavy atom. The summed E-state index contributed by atoms with van der Waals surface area (Å²) in [6.07, 6.45) is 3.07. The van der Waals surface area contributed by atoms with Crippen LogP contribution < -0.4 is 10.6 Å². The van der Waals surface area contributed by atoms with Crippen molar-refractivity contribution in [2.24, 2.45) is 0 Å². The molecule has 2 rings (SSSR count). The molecule has 1 aromatic carbocycles. The summed E-state index contributed by atoms with van der Waals surface area (Å²) in [4.78, 5) is 11.8. The minimum atomic E-state index is -0.297. The molecule has 0 unspecified atom stereocenters. The van der Waals surface area contributed by atoms with E-state index in [-0.39, 0.29) is 30.2 Å². The van der Waals surface area contributed by atoms with Crippen molar-refractivity contribution in [3.05, 3.63) is 30.1 Å². The van der Waals surface area contributed by atoms with Crippen molar-refractivity contribution in [3.63, 3.8) is 0 Å². The maximum Gasteiger partial charge on any atom is 0.241 e. The summed E-state index contributed by atoms with van der Waals surface area (Å²) in [6.45, 7) is 0.890. The number of piperidine rings is 1. The largest absolute Gasteiger partial charge is 0.325 e. The first-order valence-electron chi connectivity index (χ1n) is 5.55. The van der Waals surface area contributed by atoms with E-state index in [2.05, 4.69) is 10.6 Å². The molecule has 0 aromatic heterocycles. The Kier molecular flexibility index (Phi) is 5.38. The van der Waals surface area contributed by atoms with Crippen LogP contribution in [0.15, 0.2) is 24.3 Å². The van der Waals surface area contributed by atoms with Crippen LogP contribution in [0.1, 0.15) is 19.3 Å². The average Bonchev–Trinajstić information content (AvgIpc) is 2.33. The fourth-order valence-electron chi connectivity index (χ4n) is 1.84. The molecule has 1 fully saturated rings. The number of carbonyl (C=O) groups excluding carboxylic acids is 1. The quantitative estimate of drug-likeness (QED) is 0.855. The monoisotopic (exact) mass is 258 g/mol. The number of halogens is 2. The molecule has 1 atom stereocenters. The Balaban J connectivity index is 0.00000144. The summed E-state index contributed by atoms with van der Waals surface area (Å²) in [5.41, 5.74) is 0.638. The Morgan fingerprint density at radius 3 is 2.59 bits per heavy atom. The lowest BCUT2D eigenvalue weighted by Crippen LogP contribution is -2.43. The van der Waals surface area contributed by atoms with Crippen molar-refractivity contribution >= 4 is 24.0 Å². The van der Waals surface area contributed by atoms with Crippen molar-refractivity contribution in [2.45, 2.75) is 25.3 Å². The van der Waals surface area contributed by atoms with Crippen molar-refractivity contribution in [1.82, 2.24) is 5.32 Å². The molecule has 1 aliphatic heterocycles. The predicted octanol–water partition coefficient (Wildman–Crippen LogP) is 2.33. The van der Waals surface area contributed by atoms with Gasteiger partial charge >= 0.3 is 0 Å². The predicted molar refractivity (Wildman–Crippen MR) is 67.9 cm³/mol. The van der Waals surface area contributed by atoms with Crippen LogP contribution in [-0.2, 0) is 4.79 Å². The van der Waals surface area contributed by atoms with Crippen LogP contribution in [0.5, 0.6) is 0 Å². The van der Waals surface area contributed by atoms with Crippen molar-refractivity contribution in [3.8, 4) is 0 Å². The summed E-state index contributed by atoms with van der Waals surface area (Å²) < 4.78 is 12.7. The van der Waals surface area contributed by atoms with Crippen molar-refractivity contribution < 1.29 is 9.18 Å². The molecular weight excluding hydrogens is 243 g/mol. The van der Waals surface area contributed by atoms with Crippen molar-refractivity contribution in [1.29, 1.82) is 0 Å². The molecule has 0 radical (unpaired) electrons. The van der Waals surface area contributed by atoms with E-state index in [4.69, 9.17) is 0 Å². The van der Waals surface area contributed by atoms with Gasteiger partial charge in [-0.3, -0.25) is 4.79 Å². The molecule has 17 heavy (non-hydrogen) atoms. The van der Waals surface area contributed by atoms with Crippen LogP contribution in [0.3, 0.4) is 0 Å². The van der Waals surface area contributed by atoms with Gasteiger partial charge in [-0.2, -0.15) is 0 Å². The van der Waals surface area contributed by atoms with Gasteiger partial charge in [0.25, 0.3) is 0 Å². The third-order valence-electron chi connectivity index (χ3n) is 2.74. The molecule has 94 valence electrons. The van der Waals surface area contributed by atoms with E-state index >= 15 is 0 Å². The molecular formula is C12H16ClFN2O. The summed E-state index contributed by atoms with van der Waals surface area (Å²) in [5.74, 6) is -0.333. The lowest BCUT2D eigenvalue weighted by Gasteiger charge is -2.22. The van der Waals surface area contributed by atoms with Crippen LogP contribution in [0, 0.1) is 5.82 Å². The molecule has 5 heteroatoms. The second-order valence-electron chi connectivity index (χ2n) is 4.00. The minimum absolute atomic E-state index is 0. The summed E-state index contributed by atoms with van der Waals surface area (Å²) in [5, 5.41) is 5.94. The molecule has 1 saturated heterocycles. The molecule has 2 N–H and O–H groups in total. The number of nitrogens with one attached hydrogen (secondary N) is 2. The maximum absolute atomic E-state index is 12.7. The minimum Gasteiger partial charge on any atom is -0.325 e. The van der Waals surface area contributed by atoms with Crippen LogP contribution >= 0.6 is 12.4 Å². The van der Waals surface area contributed by atoms with E-state index in [1.54, 1.807) is 12.1 Å². The standard InChI is InChI=1S/C12H15FN2O.ClH/c13-9-4-6-10(7-5-9)15-12(16)11-3-1-2-8-14-11;/h4-7,11,14H,1-3,8H2,(H,15,16);1H/t11-;/m0./s1. The highest BCUT2D eigenvalue weighted by Gasteiger charge is 2.20. The summed E-state index contributed by atoms with van der Waals surface area (Å²) in [6, 6.07) is 5.69. The normalized spacial score (nSPS) is 19.2. The van der Waals surface area contributed by atoms with Crippen LogP contribution in [0.4, 0.5) is 10.1 Å². The lowest BCUT2D eigenvalue weighted by atomic mass is 10.0. The summed E-state index contributed by atoms with van der Waals surface area (Å²) >= 11 is 0. The van der Waals surface area contributed by atoms with Gasteiger partial charge in [0.1, 0.15) is 5.82 Å². The maximum atomic E-state index is 12.7. The van der Waals surface area contributed by atoms with Gasteiger partial charge in [-0.15, -0.1) is 12.4 Å². The number of hydrogen-bond donors (Lipinski definition) is 2. The average molecular weight is 259 g/mol. The number of amides is 1. The SMILES string of the molecule is Cl.O=C(Nc1ccc(F)cc1)[C@@H]1CCCCN1. The second-order valence-corrected chi connectivity index (χ2v) is 4.00. The fourth-order valence-corrected chi connectivity index (χ4v) is 1.84. The molecule has 0 saturated carbocycles. The Hall–Kier alpha value is -1.13. The van der Waals surface area contributed by atoms with E-state index in [0.717, 1.165) is 25.8 Å². The topological polar surface area (TPSA) is 41.1 Å². The van der Waals surface area contributed by atoms with Crippen LogP contribution in [0.25, 0.3) is 0 Å². The number of anilines is 1. The lowest BCUT2D eigenvalue weighted by molar-refractivity contribution is -0.118. The Labute approximate surface area is 106 Å². The fraction of sp³-hybridized carbons (Fsp3) is 0.417. The van der Waals surface area contributed by atoms with Crippen LogP contribution in [-0.4, -0.2) is 18.5 Å². The van der Waals surface area contributed by atoms with Gasteiger partial charge in [0.05, 0.1) is 6.04 Å². The molecule has 0 aliphatic carbocycles. The molecule has 1 aromatic rings. The first kappa shape index (κ1) is 13.9. The highest BCUT2D eigenvalue weighted by molar-refractivity contribution is 5.94. The first-order valence-corrected chi connectivity index (χ1v) is 5.55. The zero-order valence-electron chi connectivity index (χ0n) is 9.41. The Bertz CT molecular complexity index is 363. The molecule has 0 spiro atoms. The molecule has 1 heterocycles. The molecule has 0 bridgehead atoms.